The molecule has 0 saturated heterocycles. The molecule has 0 amide bonds. The Kier molecular flexibility index (Phi) is 3.42. The third-order valence-electron chi connectivity index (χ3n) is 2.58. The highest BCUT2D eigenvalue weighted by Gasteiger charge is 2.09. The Morgan fingerprint density at radius 1 is 1.26 bits per heavy atom. The van der Waals surface area contributed by atoms with Crippen LogP contribution in [0.4, 0.5) is 0 Å². The number of nitrogens with zero attached hydrogens (tertiary/aromatic N) is 3. The second-order valence-electron chi connectivity index (χ2n) is 3.75. The minimum absolute atomic E-state index is 0.604. The van der Waals surface area contributed by atoms with Crippen molar-refractivity contribution >= 4 is 61.7 Å². The number of halogens is 1. The van der Waals surface area contributed by atoms with Crippen LogP contribution < -0.4 is 0 Å². The van der Waals surface area contributed by atoms with Gasteiger partial charge in [-0.2, -0.15) is 14.0 Å². The quantitative estimate of drug-likeness (QED) is 0.637. The van der Waals surface area contributed by atoms with Gasteiger partial charge in [0, 0.05) is 10.4 Å². The van der Waals surface area contributed by atoms with E-state index in [1.165, 1.54) is 0 Å². The van der Waals surface area contributed by atoms with Gasteiger partial charge in [0.05, 0.1) is 27.2 Å². The maximum Gasteiger partial charge on any atom is 0.113 e. The minimum atomic E-state index is 0.604. The molecule has 0 N–H and O–H groups in total. The largest absolute Gasteiger partial charge is 0.192 e. The summed E-state index contributed by atoms with van der Waals surface area (Å²) < 4.78 is 9.51. The molecular formula is C13H6BrN3S2. The summed E-state index contributed by atoms with van der Waals surface area (Å²) in [7, 11) is 0. The van der Waals surface area contributed by atoms with E-state index in [0.29, 0.717) is 5.57 Å². The Labute approximate surface area is 126 Å². The van der Waals surface area contributed by atoms with Crippen molar-refractivity contribution in [2.24, 2.45) is 0 Å². The molecule has 0 fully saturated rings. The van der Waals surface area contributed by atoms with Crippen molar-refractivity contribution in [2.45, 2.75) is 0 Å². The predicted octanol–water partition coefficient (Wildman–Crippen LogP) is 4.58. The maximum absolute atomic E-state index is 9.37. The van der Waals surface area contributed by atoms with E-state index < -0.39 is 0 Å². The van der Waals surface area contributed by atoms with Crippen molar-refractivity contribution in [1.29, 1.82) is 5.26 Å². The molecule has 0 radical (unpaired) electrons. The third kappa shape index (κ3) is 2.45. The summed E-state index contributed by atoms with van der Waals surface area (Å²) in [4.78, 5) is 1.03. The van der Waals surface area contributed by atoms with Crippen LogP contribution in [0, 0.1) is 11.3 Å². The van der Waals surface area contributed by atoms with E-state index in [2.05, 4.69) is 30.7 Å². The second kappa shape index (κ2) is 5.21. The van der Waals surface area contributed by atoms with E-state index in [4.69, 9.17) is 0 Å². The Morgan fingerprint density at radius 2 is 2.16 bits per heavy atom. The number of hydrogen-bond acceptors (Lipinski definition) is 5. The van der Waals surface area contributed by atoms with E-state index >= 15 is 0 Å². The van der Waals surface area contributed by atoms with E-state index in [0.717, 1.165) is 37.0 Å². The van der Waals surface area contributed by atoms with Crippen LogP contribution >= 0.6 is 39.0 Å². The SMILES string of the molecule is N#C/C(=C\c1ccc(Br)s1)c1cccc2nsnc12. The Hall–Kier alpha value is -1.55. The molecule has 0 aliphatic rings. The van der Waals surface area contributed by atoms with Crippen LogP contribution in [0.1, 0.15) is 10.4 Å². The van der Waals surface area contributed by atoms with Gasteiger partial charge in [-0.3, -0.25) is 0 Å². The summed E-state index contributed by atoms with van der Waals surface area (Å²) >= 11 is 6.17. The molecule has 2 aromatic heterocycles. The molecule has 0 atom stereocenters. The summed E-state index contributed by atoms with van der Waals surface area (Å²) in [6, 6.07) is 11.9. The van der Waals surface area contributed by atoms with Crippen molar-refractivity contribution < 1.29 is 0 Å². The predicted molar refractivity (Wildman–Crippen MR) is 82.9 cm³/mol. The topological polar surface area (TPSA) is 49.6 Å². The number of thiophene rings is 1. The monoisotopic (exact) mass is 347 g/mol. The molecule has 1 aromatic carbocycles. The van der Waals surface area contributed by atoms with Gasteiger partial charge >= 0.3 is 0 Å². The van der Waals surface area contributed by atoms with Gasteiger partial charge in [-0.15, -0.1) is 11.3 Å². The lowest BCUT2D eigenvalue weighted by Gasteiger charge is -1.99. The highest BCUT2D eigenvalue weighted by Crippen LogP contribution is 2.29. The zero-order valence-corrected chi connectivity index (χ0v) is 12.7. The molecule has 2 heterocycles. The first-order valence-electron chi connectivity index (χ1n) is 5.37. The molecular weight excluding hydrogens is 342 g/mol. The molecule has 3 rings (SSSR count). The molecule has 92 valence electrons. The van der Waals surface area contributed by atoms with Crippen molar-refractivity contribution in [2.75, 3.05) is 0 Å². The summed E-state index contributed by atoms with van der Waals surface area (Å²) in [5.74, 6) is 0. The van der Waals surface area contributed by atoms with Crippen molar-refractivity contribution in [1.82, 2.24) is 8.75 Å². The highest BCUT2D eigenvalue weighted by atomic mass is 79.9. The number of fused-ring (bicyclic) bond motifs is 1. The molecule has 0 aliphatic heterocycles. The highest BCUT2D eigenvalue weighted by molar-refractivity contribution is 9.11. The minimum Gasteiger partial charge on any atom is -0.192 e. The van der Waals surface area contributed by atoms with Crippen LogP contribution in [0.25, 0.3) is 22.7 Å². The van der Waals surface area contributed by atoms with Crippen LogP contribution in [-0.4, -0.2) is 8.75 Å². The fourth-order valence-electron chi connectivity index (χ4n) is 1.74. The van der Waals surface area contributed by atoms with Crippen LogP contribution in [0.5, 0.6) is 0 Å². The molecule has 19 heavy (non-hydrogen) atoms. The third-order valence-corrected chi connectivity index (χ3v) is 4.69. The van der Waals surface area contributed by atoms with E-state index in [-0.39, 0.29) is 0 Å². The molecule has 6 heteroatoms. The number of nitriles is 1. The molecule has 0 unspecified atom stereocenters. The average Bonchev–Trinajstić information content (AvgIpc) is 3.04. The Morgan fingerprint density at radius 3 is 2.89 bits per heavy atom. The van der Waals surface area contributed by atoms with Gasteiger partial charge < -0.3 is 0 Å². The van der Waals surface area contributed by atoms with Gasteiger partial charge in [-0.1, -0.05) is 12.1 Å². The Bertz CT molecular complexity index is 811. The van der Waals surface area contributed by atoms with E-state index in [1.54, 1.807) is 11.3 Å². The zero-order valence-electron chi connectivity index (χ0n) is 9.50. The maximum atomic E-state index is 9.37. The second-order valence-corrected chi connectivity index (χ2v) is 6.77. The summed E-state index contributed by atoms with van der Waals surface area (Å²) in [5.41, 5.74) is 3.05. The van der Waals surface area contributed by atoms with Gasteiger partial charge in [-0.05, 0) is 40.2 Å². The van der Waals surface area contributed by atoms with Crippen LogP contribution in [0.3, 0.4) is 0 Å². The number of hydrogen-bond donors (Lipinski definition) is 0. The molecule has 0 spiro atoms. The van der Waals surface area contributed by atoms with Crippen molar-refractivity contribution in [3.8, 4) is 6.07 Å². The van der Waals surface area contributed by atoms with Gasteiger partial charge in [0.25, 0.3) is 0 Å². The number of allylic oxidation sites excluding steroid dienone is 1. The fourth-order valence-corrected chi connectivity index (χ4v) is 3.66. The lowest BCUT2D eigenvalue weighted by molar-refractivity contribution is 1.52. The lowest BCUT2D eigenvalue weighted by atomic mass is 10.0. The molecule has 0 bridgehead atoms. The van der Waals surface area contributed by atoms with E-state index in [9.17, 15) is 5.26 Å². The van der Waals surface area contributed by atoms with Crippen LogP contribution in [0.2, 0.25) is 0 Å². The number of rotatable bonds is 2. The van der Waals surface area contributed by atoms with Crippen LogP contribution in [0.15, 0.2) is 34.1 Å². The normalized spacial score (nSPS) is 11.7. The van der Waals surface area contributed by atoms with Crippen molar-refractivity contribution in [3.05, 3.63) is 44.6 Å². The molecule has 0 aliphatic carbocycles. The standard InChI is InChI=1S/C13H6BrN3S2/c14-12-5-4-9(18-12)6-8(7-15)10-2-1-3-11-13(10)17-19-16-11/h1-6H/b8-6+. The van der Waals surface area contributed by atoms with E-state index in [1.807, 2.05) is 36.4 Å². The van der Waals surface area contributed by atoms with Gasteiger partial charge in [0.15, 0.2) is 0 Å². The lowest BCUT2D eigenvalue weighted by Crippen LogP contribution is -1.83. The summed E-state index contributed by atoms with van der Waals surface area (Å²) in [5, 5.41) is 9.37. The molecule has 3 nitrogen and oxygen atoms in total. The van der Waals surface area contributed by atoms with Gasteiger partial charge in [0.1, 0.15) is 11.0 Å². The van der Waals surface area contributed by atoms with Crippen LogP contribution in [-0.2, 0) is 0 Å². The van der Waals surface area contributed by atoms with Gasteiger partial charge in [-0.25, -0.2) is 0 Å². The first-order valence-corrected chi connectivity index (χ1v) is 7.71. The number of benzene rings is 1. The smallest absolute Gasteiger partial charge is 0.113 e. The Balaban J connectivity index is 2.15. The summed E-state index contributed by atoms with van der Waals surface area (Å²) in [6.07, 6.45) is 1.88. The number of aromatic nitrogens is 2. The fraction of sp³-hybridized carbons (Fsp3) is 0. The zero-order chi connectivity index (χ0) is 13.2. The van der Waals surface area contributed by atoms with Crippen molar-refractivity contribution in [3.63, 3.8) is 0 Å². The van der Waals surface area contributed by atoms with Gasteiger partial charge in [0.2, 0.25) is 0 Å². The summed E-state index contributed by atoms with van der Waals surface area (Å²) in [6.45, 7) is 0. The first-order chi connectivity index (χ1) is 9.28. The molecule has 0 saturated carbocycles. The molecule has 3 aromatic rings. The average molecular weight is 348 g/mol. The first kappa shape index (κ1) is 12.5.